The zero-order valence-corrected chi connectivity index (χ0v) is 10.1. The first kappa shape index (κ1) is 15.1. The topological polar surface area (TPSA) is 81.4 Å². The van der Waals surface area contributed by atoms with E-state index in [9.17, 15) is 9.59 Å². The Balaban J connectivity index is 0.00000121. The summed E-state index contributed by atoms with van der Waals surface area (Å²) in [6.07, 6.45) is 0.190. The first-order valence-electron chi connectivity index (χ1n) is 5.22. The van der Waals surface area contributed by atoms with E-state index in [4.69, 9.17) is 0 Å². The Bertz CT molecular complexity index is 339. The minimum absolute atomic E-state index is 0.181. The van der Waals surface area contributed by atoms with Gasteiger partial charge in [0.25, 0.3) is 5.91 Å². The SMILES string of the molecule is CN.COC(=O)CCNC(=O)c1ccccc1. The summed E-state index contributed by atoms with van der Waals surface area (Å²) in [6, 6.07) is 8.84. The Hall–Kier alpha value is -1.88. The van der Waals surface area contributed by atoms with Gasteiger partial charge in [-0.15, -0.1) is 0 Å². The van der Waals surface area contributed by atoms with Crippen LogP contribution >= 0.6 is 0 Å². The normalized spacial score (nSPS) is 8.65. The van der Waals surface area contributed by atoms with E-state index >= 15 is 0 Å². The van der Waals surface area contributed by atoms with Crippen LogP contribution < -0.4 is 11.1 Å². The Morgan fingerprint density at radius 3 is 2.35 bits per heavy atom. The lowest BCUT2D eigenvalue weighted by Crippen LogP contribution is -2.26. The molecule has 17 heavy (non-hydrogen) atoms. The molecular formula is C12H18N2O3. The molecule has 1 aromatic rings. The molecule has 0 aromatic heterocycles. The van der Waals surface area contributed by atoms with Gasteiger partial charge < -0.3 is 15.8 Å². The van der Waals surface area contributed by atoms with Gasteiger partial charge in [0.1, 0.15) is 0 Å². The molecule has 0 aliphatic carbocycles. The van der Waals surface area contributed by atoms with E-state index in [1.807, 2.05) is 6.07 Å². The molecule has 5 heteroatoms. The smallest absolute Gasteiger partial charge is 0.307 e. The Morgan fingerprint density at radius 2 is 1.82 bits per heavy atom. The van der Waals surface area contributed by atoms with Crippen LogP contribution in [0.3, 0.4) is 0 Å². The highest BCUT2D eigenvalue weighted by Crippen LogP contribution is 1.97. The third kappa shape index (κ3) is 6.32. The fourth-order valence-electron chi connectivity index (χ4n) is 1.07. The maximum Gasteiger partial charge on any atom is 0.307 e. The van der Waals surface area contributed by atoms with E-state index in [2.05, 4.69) is 15.8 Å². The molecule has 1 amide bonds. The van der Waals surface area contributed by atoms with Crippen molar-refractivity contribution in [3.63, 3.8) is 0 Å². The molecule has 0 saturated heterocycles. The highest BCUT2D eigenvalue weighted by Gasteiger charge is 2.05. The van der Waals surface area contributed by atoms with Crippen molar-refractivity contribution in [3.8, 4) is 0 Å². The fraction of sp³-hybridized carbons (Fsp3) is 0.333. The standard InChI is InChI=1S/C11H13NO3.CH5N/c1-15-10(13)7-8-12-11(14)9-5-3-2-4-6-9;1-2/h2-6H,7-8H2,1H3,(H,12,14);2H2,1H3. The van der Waals surface area contributed by atoms with Gasteiger partial charge in [0.05, 0.1) is 13.5 Å². The number of methoxy groups -OCH3 is 1. The summed E-state index contributed by atoms with van der Waals surface area (Å²) >= 11 is 0. The molecule has 1 rings (SSSR count). The van der Waals surface area contributed by atoms with Crippen molar-refractivity contribution < 1.29 is 14.3 Å². The molecule has 0 unspecified atom stereocenters. The van der Waals surface area contributed by atoms with E-state index in [-0.39, 0.29) is 18.3 Å². The molecule has 94 valence electrons. The van der Waals surface area contributed by atoms with Crippen LogP contribution in [0.5, 0.6) is 0 Å². The molecule has 3 N–H and O–H groups in total. The summed E-state index contributed by atoms with van der Waals surface area (Å²) in [5.74, 6) is -0.511. The van der Waals surface area contributed by atoms with Crippen molar-refractivity contribution in [3.05, 3.63) is 35.9 Å². The van der Waals surface area contributed by atoms with Crippen LogP contribution in [-0.2, 0) is 9.53 Å². The molecule has 0 bridgehead atoms. The lowest BCUT2D eigenvalue weighted by atomic mass is 10.2. The van der Waals surface area contributed by atoms with Crippen LogP contribution in [0.25, 0.3) is 0 Å². The number of esters is 1. The lowest BCUT2D eigenvalue weighted by Gasteiger charge is -2.03. The summed E-state index contributed by atoms with van der Waals surface area (Å²) < 4.78 is 4.45. The summed E-state index contributed by atoms with van der Waals surface area (Å²) in [4.78, 5) is 22.2. The van der Waals surface area contributed by atoms with Crippen molar-refractivity contribution in [2.45, 2.75) is 6.42 Å². The van der Waals surface area contributed by atoms with E-state index in [0.29, 0.717) is 12.1 Å². The van der Waals surface area contributed by atoms with Gasteiger partial charge in [0.15, 0.2) is 0 Å². The average molecular weight is 238 g/mol. The predicted molar refractivity (Wildman–Crippen MR) is 65.5 cm³/mol. The van der Waals surface area contributed by atoms with Gasteiger partial charge in [0.2, 0.25) is 0 Å². The second-order valence-corrected chi connectivity index (χ2v) is 2.95. The van der Waals surface area contributed by atoms with Crippen molar-refractivity contribution in [2.24, 2.45) is 5.73 Å². The zero-order valence-electron chi connectivity index (χ0n) is 10.1. The molecular weight excluding hydrogens is 220 g/mol. The third-order valence-corrected chi connectivity index (χ3v) is 1.88. The molecule has 0 saturated carbocycles. The first-order chi connectivity index (χ1) is 8.24. The molecule has 0 spiro atoms. The van der Waals surface area contributed by atoms with E-state index < -0.39 is 0 Å². The number of carbonyl (C=O) groups excluding carboxylic acids is 2. The summed E-state index contributed by atoms with van der Waals surface area (Å²) in [7, 11) is 2.82. The number of benzene rings is 1. The Morgan fingerprint density at radius 1 is 1.24 bits per heavy atom. The minimum atomic E-state index is -0.330. The van der Waals surface area contributed by atoms with Crippen LogP contribution in [0.2, 0.25) is 0 Å². The van der Waals surface area contributed by atoms with Crippen molar-refractivity contribution >= 4 is 11.9 Å². The molecule has 0 atom stereocenters. The van der Waals surface area contributed by atoms with Crippen LogP contribution in [0.1, 0.15) is 16.8 Å². The van der Waals surface area contributed by atoms with Crippen LogP contribution in [0.4, 0.5) is 0 Å². The first-order valence-corrected chi connectivity index (χ1v) is 5.22. The second-order valence-electron chi connectivity index (χ2n) is 2.95. The number of rotatable bonds is 4. The highest BCUT2D eigenvalue weighted by molar-refractivity contribution is 5.94. The largest absolute Gasteiger partial charge is 0.469 e. The average Bonchev–Trinajstić information content (AvgIpc) is 2.41. The number of nitrogens with two attached hydrogens (primary N) is 1. The van der Waals surface area contributed by atoms with Crippen molar-refractivity contribution in [1.82, 2.24) is 5.32 Å². The maximum absolute atomic E-state index is 11.5. The van der Waals surface area contributed by atoms with E-state index in [1.165, 1.54) is 14.2 Å². The van der Waals surface area contributed by atoms with Gasteiger partial charge in [0, 0.05) is 12.1 Å². The van der Waals surface area contributed by atoms with Crippen LogP contribution in [0.15, 0.2) is 30.3 Å². The molecule has 1 aromatic carbocycles. The van der Waals surface area contributed by atoms with Gasteiger partial charge in [-0.25, -0.2) is 0 Å². The molecule has 0 radical (unpaired) electrons. The summed E-state index contributed by atoms with van der Waals surface area (Å²) in [5, 5.41) is 2.62. The Kier molecular flexibility index (Phi) is 8.32. The minimum Gasteiger partial charge on any atom is -0.469 e. The van der Waals surface area contributed by atoms with E-state index in [0.717, 1.165) is 0 Å². The number of ether oxygens (including phenoxy) is 1. The van der Waals surface area contributed by atoms with Gasteiger partial charge in [-0.2, -0.15) is 0 Å². The number of nitrogens with one attached hydrogen (secondary N) is 1. The molecule has 0 aliphatic rings. The second kappa shape index (κ2) is 9.35. The third-order valence-electron chi connectivity index (χ3n) is 1.88. The maximum atomic E-state index is 11.5. The van der Waals surface area contributed by atoms with Gasteiger partial charge in [-0.05, 0) is 19.2 Å². The monoisotopic (exact) mass is 238 g/mol. The Labute approximate surface area is 101 Å². The quantitative estimate of drug-likeness (QED) is 0.751. The molecule has 0 aliphatic heterocycles. The molecule has 0 heterocycles. The van der Waals surface area contributed by atoms with Crippen LogP contribution in [-0.4, -0.2) is 32.6 Å². The highest BCUT2D eigenvalue weighted by atomic mass is 16.5. The number of amides is 1. The lowest BCUT2D eigenvalue weighted by molar-refractivity contribution is -0.140. The summed E-state index contributed by atoms with van der Waals surface area (Å²) in [6.45, 7) is 0.292. The van der Waals surface area contributed by atoms with Gasteiger partial charge >= 0.3 is 5.97 Å². The zero-order chi connectivity index (χ0) is 13.1. The number of hydrogen-bond donors (Lipinski definition) is 2. The van der Waals surface area contributed by atoms with E-state index in [1.54, 1.807) is 24.3 Å². The molecule has 0 fully saturated rings. The van der Waals surface area contributed by atoms with Crippen LogP contribution in [0, 0.1) is 0 Å². The number of hydrogen-bond acceptors (Lipinski definition) is 4. The molecule has 5 nitrogen and oxygen atoms in total. The van der Waals surface area contributed by atoms with Crippen molar-refractivity contribution in [1.29, 1.82) is 0 Å². The van der Waals surface area contributed by atoms with Gasteiger partial charge in [-0.1, -0.05) is 18.2 Å². The predicted octanol–water partition coefficient (Wildman–Crippen LogP) is 0.554. The van der Waals surface area contributed by atoms with Gasteiger partial charge in [-0.3, -0.25) is 9.59 Å². The fourth-order valence-corrected chi connectivity index (χ4v) is 1.07. The summed E-state index contributed by atoms with van der Waals surface area (Å²) in [5.41, 5.74) is 5.09. The van der Waals surface area contributed by atoms with Crippen molar-refractivity contribution in [2.75, 3.05) is 20.7 Å². The number of carbonyl (C=O) groups is 2.